The minimum atomic E-state index is -1.34. The van der Waals surface area contributed by atoms with E-state index in [4.69, 9.17) is 10.5 Å². The van der Waals surface area contributed by atoms with Crippen LogP contribution in [0.25, 0.3) is 0 Å². The van der Waals surface area contributed by atoms with Crippen LogP contribution >= 0.6 is 0 Å². The summed E-state index contributed by atoms with van der Waals surface area (Å²) in [5.74, 6) is -2.98. The molecule has 2 atom stereocenters. The Labute approximate surface area is 216 Å². The van der Waals surface area contributed by atoms with Crippen molar-refractivity contribution in [2.45, 2.75) is 65.1 Å². The van der Waals surface area contributed by atoms with Gasteiger partial charge >= 0.3 is 12.1 Å². The average Bonchev–Trinajstić information content (AvgIpc) is 2.80. The van der Waals surface area contributed by atoms with E-state index in [1.54, 1.807) is 39.8 Å². The number of amides is 4. The Morgan fingerprint density at radius 1 is 1.16 bits per heavy atom. The number of nitrogens with two attached hydrogens (primary N) is 1. The Morgan fingerprint density at radius 3 is 2.35 bits per heavy atom. The Balaban J connectivity index is 3.53. The summed E-state index contributed by atoms with van der Waals surface area (Å²) in [5, 5.41) is 14.4. The molecule has 0 aliphatic heterocycles. The number of carbonyl (C=O) groups is 5. The number of rotatable bonds is 11. The van der Waals surface area contributed by atoms with Crippen molar-refractivity contribution < 1.29 is 33.4 Å². The summed E-state index contributed by atoms with van der Waals surface area (Å²) in [6, 6.07) is 4.33. The number of aryl methyl sites for hydroxylation is 1. The van der Waals surface area contributed by atoms with Crippen LogP contribution < -0.4 is 16.4 Å². The summed E-state index contributed by atoms with van der Waals surface area (Å²) < 4.78 is 9.81. The average molecular weight is 518 g/mol. The maximum absolute atomic E-state index is 13.7. The molecule has 0 saturated heterocycles. The molecule has 2 unspecified atom stereocenters. The second-order valence-electron chi connectivity index (χ2n) is 9.31. The third-order valence-corrected chi connectivity index (χ3v) is 5.33. The molecule has 0 radical (unpaired) electrons. The summed E-state index contributed by atoms with van der Waals surface area (Å²) in [4.78, 5) is 63.6. The van der Waals surface area contributed by atoms with E-state index in [1.165, 1.54) is 0 Å². The highest BCUT2D eigenvalue weighted by molar-refractivity contribution is 5.93. The van der Waals surface area contributed by atoms with Crippen LogP contribution in [0.5, 0.6) is 0 Å². The van der Waals surface area contributed by atoms with E-state index < -0.39 is 60.6 Å². The van der Waals surface area contributed by atoms with E-state index in [1.807, 2.05) is 19.1 Å². The van der Waals surface area contributed by atoms with Crippen LogP contribution in [0.1, 0.15) is 56.3 Å². The second kappa shape index (κ2) is 13.8. The number of alkyl carbamates (subject to hydrolysis) is 1. The molecular formula is C25H35N5O7. The van der Waals surface area contributed by atoms with Gasteiger partial charge in [0.25, 0.3) is 0 Å². The highest BCUT2D eigenvalue weighted by atomic mass is 16.6. The van der Waals surface area contributed by atoms with E-state index in [2.05, 4.69) is 15.4 Å². The zero-order valence-electron chi connectivity index (χ0n) is 22.0. The lowest BCUT2D eigenvalue weighted by atomic mass is 9.94. The first kappa shape index (κ1) is 30.9. The zero-order valence-corrected chi connectivity index (χ0v) is 22.0. The number of ether oxygens (including phenoxy) is 2. The predicted octanol–water partition coefficient (Wildman–Crippen LogP) is 1.14. The number of nitrogens with zero attached hydrogens (tertiary/aromatic N) is 2. The molecule has 12 nitrogen and oxygen atoms in total. The van der Waals surface area contributed by atoms with Crippen LogP contribution in [0.4, 0.5) is 4.79 Å². The number of nitrogens with one attached hydrogen (secondary N) is 2. The predicted molar refractivity (Wildman–Crippen MR) is 133 cm³/mol. The van der Waals surface area contributed by atoms with Crippen molar-refractivity contribution in [1.82, 2.24) is 15.5 Å². The first-order valence-corrected chi connectivity index (χ1v) is 11.6. The highest BCUT2D eigenvalue weighted by Gasteiger charge is 2.37. The van der Waals surface area contributed by atoms with Crippen LogP contribution in [0.15, 0.2) is 18.2 Å². The van der Waals surface area contributed by atoms with Gasteiger partial charge in [-0.3, -0.25) is 19.2 Å². The SMILES string of the molecule is COC(=O)CNC(=O)C(c1cccc(C)c1C)N(CC#N)C(=O)C(CCC(N)=O)NC(=O)OC(C)(C)C. The Bertz CT molecular complexity index is 1060. The second-order valence-corrected chi connectivity index (χ2v) is 9.31. The molecule has 0 bridgehead atoms. The van der Waals surface area contributed by atoms with Gasteiger partial charge in [0.2, 0.25) is 17.7 Å². The van der Waals surface area contributed by atoms with Gasteiger partial charge in [0.05, 0.1) is 13.2 Å². The van der Waals surface area contributed by atoms with E-state index in [-0.39, 0.29) is 12.8 Å². The molecule has 0 spiro atoms. The minimum absolute atomic E-state index is 0.196. The molecule has 202 valence electrons. The standard InChI is InChI=1S/C25H35N5O7/c1-15-8-7-9-17(16(15)2)21(22(33)28-14-20(32)36-6)30(13-12-26)23(34)18(10-11-19(27)31)29-24(35)37-25(3,4)5/h7-9,18,21H,10-11,13-14H2,1-6H3,(H2,27,31)(H,28,33)(H,29,35). The molecule has 37 heavy (non-hydrogen) atoms. The maximum Gasteiger partial charge on any atom is 0.408 e. The monoisotopic (exact) mass is 517 g/mol. The van der Waals surface area contributed by atoms with E-state index in [9.17, 15) is 29.2 Å². The molecule has 4 amide bonds. The number of esters is 1. The summed E-state index contributed by atoms with van der Waals surface area (Å²) in [5.41, 5.74) is 6.31. The van der Waals surface area contributed by atoms with E-state index >= 15 is 0 Å². The maximum atomic E-state index is 13.7. The quantitative estimate of drug-likeness (QED) is 0.288. The number of primary amides is 1. The molecule has 0 aromatic heterocycles. The number of methoxy groups -OCH3 is 1. The number of benzene rings is 1. The fourth-order valence-electron chi connectivity index (χ4n) is 3.42. The minimum Gasteiger partial charge on any atom is -0.468 e. The molecule has 4 N–H and O–H groups in total. The van der Waals surface area contributed by atoms with Gasteiger partial charge in [-0.15, -0.1) is 0 Å². The van der Waals surface area contributed by atoms with E-state index in [0.29, 0.717) is 11.1 Å². The lowest BCUT2D eigenvalue weighted by Crippen LogP contribution is -2.53. The highest BCUT2D eigenvalue weighted by Crippen LogP contribution is 2.27. The summed E-state index contributed by atoms with van der Waals surface area (Å²) >= 11 is 0. The molecule has 1 aromatic rings. The number of nitriles is 1. The summed E-state index contributed by atoms with van der Waals surface area (Å²) in [6.07, 6.45) is -1.38. The van der Waals surface area contributed by atoms with Gasteiger partial charge in [0.1, 0.15) is 30.8 Å². The molecule has 0 aliphatic carbocycles. The molecule has 0 fully saturated rings. The van der Waals surface area contributed by atoms with Crippen LogP contribution in [0.3, 0.4) is 0 Å². The third kappa shape index (κ3) is 9.79. The summed E-state index contributed by atoms with van der Waals surface area (Å²) in [6.45, 7) is 7.48. The normalized spacial score (nSPS) is 12.4. The van der Waals surface area contributed by atoms with Crippen molar-refractivity contribution in [2.75, 3.05) is 20.2 Å². The molecule has 12 heteroatoms. The Morgan fingerprint density at radius 2 is 1.81 bits per heavy atom. The van der Waals surface area contributed by atoms with Crippen molar-refractivity contribution >= 4 is 29.8 Å². The first-order chi connectivity index (χ1) is 17.2. The van der Waals surface area contributed by atoms with Crippen molar-refractivity contribution in [2.24, 2.45) is 5.73 Å². The Hall–Kier alpha value is -4.14. The van der Waals surface area contributed by atoms with Gasteiger partial charge in [-0.05, 0) is 57.7 Å². The zero-order chi connectivity index (χ0) is 28.3. The van der Waals surface area contributed by atoms with Crippen molar-refractivity contribution in [1.29, 1.82) is 5.26 Å². The fourth-order valence-corrected chi connectivity index (χ4v) is 3.42. The van der Waals surface area contributed by atoms with Crippen molar-refractivity contribution in [3.05, 3.63) is 34.9 Å². The van der Waals surface area contributed by atoms with Crippen molar-refractivity contribution in [3.8, 4) is 6.07 Å². The van der Waals surface area contributed by atoms with Gasteiger partial charge < -0.3 is 30.7 Å². The van der Waals surface area contributed by atoms with Gasteiger partial charge in [0.15, 0.2) is 0 Å². The molecular weight excluding hydrogens is 482 g/mol. The number of carbonyl (C=O) groups excluding carboxylic acids is 5. The van der Waals surface area contributed by atoms with Crippen LogP contribution in [-0.4, -0.2) is 66.5 Å². The van der Waals surface area contributed by atoms with Gasteiger partial charge in [-0.25, -0.2) is 4.79 Å². The number of hydrogen-bond acceptors (Lipinski definition) is 8. The third-order valence-electron chi connectivity index (χ3n) is 5.33. The van der Waals surface area contributed by atoms with Crippen LogP contribution in [-0.2, 0) is 28.7 Å². The Kier molecular flexibility index (Phi) is 11.5. The smallest absolute Gasteiger partial charge is 0.408 e. The lowest BCUT2D eigenvalue weighted by molar-refractivity contribution is -0.144. The fraction of sp³-hybridized carbons (Fsp3) is 0.520. The molecule has 1 aromatic carbocycles. The number of hydrogen-bond donors (Lipinski definition) is 3. The molecule has 0 aliphatic rings. The lowest BCUT2D eigenvalue weighted by Gasteiger charge is -2.33. The topological polar surface area (TPSA) is 181 Å². The van der Waals surface area contributed by atoms with Crippen LogP contribution in [0.2, 0.25) is 0 Å². The molecule has 0 heterocycles. The van der Waals surface area contributed by atoms with E-state index in [0.717, 1.165) is 17.6 Å². The molecule has 1 rings (SSSR count). The van der Waals surface area contributed by atoms with Crippen molar-refractivity contribution in [3.63, 3.8) is 0 Å². The largest absolute Gasteiger partial charge is 0.468 e. The van der Waals surface area contributed by atoms with Gasteiger partial charge in [-0.2, -0.15) is 5.26 Å². The molecule has 0 saturated carbocycles. The van der Waals surface area contributed by atoms with Gasteiger partial charge in [-0.1, -0.05) is 18.2 Å². The van der Waals surface area contributed by atoms with Crippen LogP contribution in [0, 0.1) is 25.2 Å². The summed E-state index contributed by atoms with van der Waals surface area (Å²) in [7, 11) is 1.16. The van der Waals surface area contributed by atoms with Gasteiger partial charge in [0, 0.05) is 6.42 Å². The first-order valence-electron chi connectivity index (χ1n) is 11.6.